The molecule has 108 valence electrons. The molecule has 1 saturated heterocycles. The van der Waals surface area contributed by atoms with Crippen LogP contribution in [0.3, 0.4) is 0 Å². The quantitative estimate of drug-likeness (QED) is 0.875. The molecule has 0 unspecified atom stereocenters. The number of aryl methyl sites for hydroxylation is 1. The molecule has 1 aliphatic rings. The molecule has 1 aromatic rings. The van der Waals surface area contributed by atoms with Gasteiger partial charge in [0.1, 0.15) is 0 Å². The van der Waals surface area contributed by atoms with Crippen molar-refractivity contribution in [2.75, 3.05) is 6.54 Å². The molecule has 2 amide bonds. The maximum absolute atomic E-state index is 12.1. The van der Waals surface area contributed by atoms with E-state index in [-0.39, 0.29) is 23.8 Å². The van der Waals surface area contributed by atoms with Gasteiger partial charge in [0, 0.05) is 19.0 Å². The Labute approximate surface area is 119 Å². The summed E-state index contributed by atoms with van der Waals surface area (Å²) in [5.41, 5.74) is 2.51. The van der Waals surface area contributed by atoms with E-state index in [1.165, 1.54) is 11.1 Å². The van der Waals surface area contributed by atoms with Crippen molar-refractivity contribution in [2.24, 2.45) is 5.92 Å². The first kappa shape index (κ1) is 14.6. The van der Waals surface area contributed by atoms with E-state index in [1.807, 2.05) is 19.1 Å². The SMILES string of the molecule is Cc1ccccc1C[C@H](C)NC(=O)[C@H]1CCC(=O)NC1. The highest BCUT2D eigenvalue weighted by Crippen LogP contribution is 2.13. The number of carbonyl (C=O) groups is 2. The summed E-state index contributed by atoms with van der Waals surface area (Å²) >= 11 is 0. The number of piperidine rings is 1. The highest BCUT2D eigenvalue weighted by atomic mass is 16.2. The molecule has 2 rings (SSSR count). The maximum Gasteiger partial charge on any atom is 0.225 e. The Hall–Kier alpha value is -1.84. The molecular formula is C16H22N2O2. The second-order valence-corrected chi connectivity index (χ2v) is 5.58. The van der Waals surface area contributed by atoms with Crippen LogP contribution in [0.4, 0.5) is 0 Å². The highest BCUT2D eigenvalue weighted by Gasteiger charge is 2.25. The number of hydrogen-bond acceptors (Lipinski definition) is 2. The minimum absolute atomic E-state index is 0.0435. The van der Waals surface area contributed by atoms with Crippen LogP contribution < -0.4 is 10.6 Å². The molecule has 2 atom stereocenters. The Kier molecular flexibility index (Phi) is 4.77. The van der Waals surface area contributed by atoms with Crippen molar-refractivity contribution in [3.8, 4) is 0 Å². The van der Waals surface area contributed by atoms with Gasteiger partial charge in [-0.15, -0.1) is 0 Å². The fourth-order valence-electron chi connectivity index (χ4n) is 2.54. The maximum atomic E-state index is 12.1. The minimum atomic E-state index is -0.0907. The molecule has 4 heteroatoms. The van der Waals surface area contributed by atoms with Crippen LogP contribution in [0.25, 0.3) is 0 Å². The summed E-state index contributed by atoms with van der Waals surface area (Å²) in [5.74, 6) is 0.000105. The van der Waals surface area contributed by atoms with Crippen LogP contribution >= 0.6 is 0 Å². The third kappa shape index (κ3) is 3.83. The molecule has 0 saturated carbocycles. The molecule has 0 spiro atoms. The Morgan fingerprint density at radius 1 is 1.45 bits per heavy atom. The topological polar surface area (TPSA) is 58.2 Å². The predicted octanol–water partition coefficient (Wildman–Crippen LogP) is 1.57. The summed E-state index contributed by atoms with van der Waals surface area (Å²) in [5, 5.41) is 5.80. The zero-order valence-electron chi connectivity index (χ0n) is 12.1. The van der Waals surface area contributed by atoms with Gasteiger partial charge in [0.2, 0.25) is 11.8 Å². The molecule has 4 nitrogen and oxygen atoms in total. The van der Waals surface area contributed by atoms with Crippen LogP contribution in [0.5, 0.6) is 0 Å². The fraction of sp³-hybridized carbons (Fsp3) is 0.500. The van der Waals surface area contributed by atoms with Crippen molar-refractivity contribution in [1.82, 2.24) is 10.6 Å². The molecule has 2 N–H and O–H groups in total. The average molecular weight is 274 g/mol. The van der Waals surface area contributed by atoms with Gasteiger partial charge in [-0.25, -0.2) is 0 Å². The summed E-state index contributed by atoms with van der Waals surface area (Å²) < 4.78 is 0. The van der Waals surface area contributed by atoms with Crippen molar-refractivity contribution in [2.45, 2.75) is 39.2 Å². The lowest BCUT2D eigenvalue weighted by molar-refractivity contribution is -0.129. The Morgan fingerprint density at radius 2 is 2.20 bits per heavy atom. The predicted molar refractivity (Wildman–Crippen MR) is 78.2 cm³/mol. The first-order valence-electron chi connectivity index (χ1n) is 7.18. The zero-order valence-corrected chi connectivity index (χ0v) is 12.1. The van der Waals surface area contributed by atoms with E-state index in [2.05, 4.69) is 29.7 Å². The smallest absolute Gasteiger partial charge is 0.225 e. The third-order valence-corrected chi connectivity index (χ3v) is 3.81. The minimum Gasteiger partial charge on any atom is -0.355 e. The van der Waals surface area contributed by atoms with E-state index in [4.69, 9.17) is 0 Å². The number of hydrogen-bond donors (Lipinski definition) is 2. The van der Waals surface area contributed by atoms with Crippen molar-refractivity contribution in [3.05, 3.63) is 35.4 Å². The van der Waals surface area contributed by atoms with E-state index < -0.39 is 0 Å². The lowest BCUT2D eigenvalue weighted by Gasteiger charge is -2.24. The first-order chi connectivity index (χ1) is 9.56. The summed E-state index contributed by atoms with van der Waals surface area (Å²) in [6.45, 7) is 4.56. The highest BCUT2D eigenvalue weighted by molar-refractivity contribution is 5.83. The zero-order chi connectivity index (χ0) is 14.5. The Morgan fingerprint density at radius 3 is 2.85 bits per heavy atom. The molecule has 1 fully saturated rings. The van der Waals surface area contributed by atoms with Gasteiger partial charge in [-0.3, -0.25) is 9.59 Å². The van der Waals surface area contributed by atoms with Crippen molar-refractivity contribution >= 4 is 11.8 Å². The van der Waals surface area contributed by atoms with Gasteiger partial charge in [0.25, 0.3) is 0 Å². The molecule has 0 bridgehead atoms. The number of carbonyl (C=O) groups excluding carboxylic acids is 2. The second kappa shape index (κ2) is 6.55. The molecule has 1 aromatic carbocycles. The van der Waals surface area contributed by atoms with Gasteiger partial charge >= 0.3 is 0 Å². The van der Waals surface area contributed by atoms with E-state index in [9.17, 15) is 9.59 Å². The summed E-state index contributed by atoms with van der Waals surface area (Å²) in [6.07, 6.45) is 1.93. The molecule has 20 heavy (non-hydrogen) atoms. The van der Waals surface area contributed by atoms with Gasteiger partial charge in [-0.1, -0.05) is 24.3 Å². The van der Waals surface area contributed by atoms with E-state index in [1.54, 1.807) is 0 Å². The summed E-state index contributed by atoms with van der Waals surface area (Å²) in [4.78, 5) is 23.2. The lowest BCUT2D eigenvalue weighted by Crippen LogP contribution is -2.45. The van der Waals surface area contributed by atoms with Crippen LogP contribution in [0.2, 0.25) is 0 Å². The second-order valence-electron chi connectivity index (χ2n) is 5.58. The monoisotopic (exact) mass is 274 g/mol. The van der Waals surface area contributed by atoms with Crippen LogP contribution in [-0.2, 0) is 16.0 Å². The molecular weight excluding hydrogens is 252 g/mol. The van der Waals surface area contributed by atoms with Gasteiger partial charge < -0.3 is 10.6 Å². The molecule has 0 aromatic heterocycles. The third-order valence-electron chi connectivity index (χ3n) is 3.81. The van der Waals surface area contributed by atoms with Crippen molar-refractivity contribution in [1.29, 1.82) is 0 Å². The summed E-state index contributed by atoms with van der Waals surface area (Å²) in [6, 6.07) is 8.32. The lowest BCUT2D eigenvalue weighted by atomic mass is 9.97. The molecule has 0 aliphatic carbocycles. The van der Waals surface area contributed by atoms with Crippen LogP contribution in [-0.4, -0.2) is 24.4 Å². The number of nitrogens with one attached hydrogen (secondary N) is 2. The molecule has 1 heterocycles. The first-order valence-corrected chi connectivity index (χ1v) is 7.18. The van der Waals surface area contributed by atoms with Crippen LogP contribution in [0.1, 0.15) is 30.9 Å². The Bertz CT molecular complexity index is 489. The summed E-state index contributed by atoms with van der Waals surface area (Å²) in [7, 11) is 0. The number of amides is 2. The van der Waals surface area contributed by atoms with Crippen molar-refractivity contribution in [3.63, 3.8) is 0 Å². The Balaban J connectivity index is 1.85. The normalized spacial score (nSPS) is 20.1. The van der Waals surface area contributed by atoms with Gasteiger partial charge in [0.05, 0.1) is 5.92 Å². The van der Waals surface area contributed by atoms with Crippen LogP contribution in [0.15, 0.2) is 24.3 Å². The largest absolute Gasteiger partial charge is 0.355 e. The van der Waals surface area contributed by atoms with Crippen LogP contribution in [0, 0.1) is 12.8 Å². The van der Waals surface area contributed by atoms with E-state index >= 15 is 0 Å². The standard InChI is InChI=1S/C16H22N2O2/c1-11-5-3-4-6-13(11)9-12(2)18-16(20)14-7-8-15(19)17-10-14/h3-6,12,14H,7-10H2,1-2H3,(H,17,19)(H,18,20)/t12-,14-/m0/s1. The van der Waals surface area contributed by atoms with Gasteiger partial charge in [0.15, 0.2) is 0 Å². The number of benzene rings is 1. The van der Waals surface area contributed by atoms with E-state index in [0.717, 1.165) is 6.42 Å². The number of rotatable bonds is 4. The van der Waals surface area contributed by atoms with Crippen molar-refractivity contribution < 1.29 is 9.59 Å². The fourth-order valence-corrected chi connectivity index (χ4v) is 2.54. The van der Waals surface area contributed by atoms with Gasteiger partial charge in [-0.2, -0.15) is 0 Å². The molecule has 1 aliphatic heterocycles. The van der Waals surface area contributed by atoms with Gasteiger partial charge in [-0.05, 0) is 37.8 Å². The molecule has 0 radical (unpaired) electrons. The average Bonchev–Trinajstić information content (AvgIpc) is 2.42. The van der Waals surface area contributed by atoms with E-state index in [0.29, 0.717) is 19.4 Å².